The van der Waals surface area contributed by atoms with Crippen LogP contribution in [0.1, 0.15) is 57.8 Å². The summed E-state index contributed by atoms with van der Waals surface area (Å²) in [5.74, 6) is 0.759. The normalized spacial score (nSPS) is 27.4. The maximum Gasteiger partial charge on any atom is 0.308 e. The summed E-state index contributed by atoms with van der Waals surface area (Å²) in [6.45, 7) is 4.27. The largest absolute Gasteiger partial charge is 0.481 e. The summed E-state index contributed by atoms with van der Waals surface area (Å²) in [4.78, 5) is 15.8. The molecule has 0 aromatic carbocycles. The zero-order chi connectivity index (χ0) is 13.8. The molecule has 0 radical (unpaired) electrons. The van der Waals surface area contributed by atoms with Gasteiger partial charge in [0.2, 0.25) is 0 Å². The summed E-state index contributed by atoms with van der Waals surface area (Å²) >= 11 is 0. The highest BCUT2D eigenvalue weighted by atomic mass is 16.4. The molecule has 0 amide bonds. The number of hydrogen-bond acceptors (Lipinski definition) is 2. The Kier molecular flexibility index (Phi) is 4.61. The number of carboxylic acids is 1. The van der Waals surface area contributed by atoms with E-state index in [-0.39, 0.29) is 12.0 Å². The third-order valence-electron chi connectivity index (χ3n) is 4.36. The predicted octanol–water partition coefficient (Wildman–Crippen LogP) is 3.29. The van der Waals surface area contributed by atoms with Crippen LogP contribution in [-0.4, -0.2) is 20.6 Å². The van der Waals surface area contributed by atoms with E-state index < -0.39 is 5.97 Å². The number of nitrogens with zero attached hydrogens (tertiary/aromatic N) is 2. The molecule has 1 fully saturated rings. The van der Waals surface area contributed by atoms with Crippen LogP contribution in [-0.2, 0) is 11.2 Å². The molecule has 0 aliphatic heterocycles. The number of imidazole rings is 1. The first kappa shape index (κ1) is 14.1. The number of carbonyl (C=O) groups is 1. The smallest absolute Gasteiger partial charge is 0.308 e. The summed E-state index contributed by atoms with van der Waals surface area (Å²) in [6, 6.07) is 0.0836. The molecule has 1 aromatic heterocycles. The fourth-order valence-electron chi connectivity index (χ4n) is 3.42. The van der Waals surface area contributed by atoms with E-state index in [1.165, 1.54) is 12.8 Å². The molecule has 3 unspecified atom stereocenters. The van der Waals surface area contributed by atoms with E-state index in [1.54, 1.807) is 6.20 Å². The van der Waals surface area contributed by atoms with E-state index in [0.29, 0.717) is 5.92 Å². The van der Waals surface area contributed by atoms with Gasteiger partial charge in [0.1, 0.15) is 5.82 Å². The highest BCUT2D eigenvalue weighted by Crippen LogP contribution is 2.39. The van der Waals surface area contributed by atoms with E-state index in [2.05, 4.69) is 23.4 Å². The van der Waals surface area contributed by atoms with Crippen molar-refractivity contribution >= 4 is 5.97 Å². The van der Waals surface area contributed by atoms with Crippen molar-refractivity contribution in [3.63, 3.8) is 0 Å². The molecule has 1 N–H and O–H groups in total. The maximum atomic E-state index is 11.5. The number of aryl methyl sites for hydroxylation is 1. The van der Waals surface area contributed by atoms with Gasteiger partial charge < -0.3 is 9.67 Å². The SMILES string of the molecule is CCCC1CCC(C(=O)O)C(n2ccnc2CC)C1. The van der Waals surface area contributed by atoms with Gasteiger partial charge in [0, 0.05) is 24.9 Å². The molecule has 1 saturated carbocycles. The van der Waals surface area contributed by atoms with Crippen molar-refractivity contribution in [3.05, 3.63) is 18.2 Å². The molecule has 1 aromatic rings. The Hall–Kier alpha value is -1.32. The van der Waals surface area contributed by atoms with Crippen molar-refractivity contribution in [3.8, 4) is 0 Å². The van der Waals surface area contributed by atoms with Gasteiger partial charge in [0.05, 0.1) is 5.92 Å². The highest BCUT2D eigenvalue weighted by molar-refractivity contribution is 5.70. The van der Waals surface area contributed by atoms with Crippen LogP contribution in [0.2, 0.25) is 0 Å². The number of aliphatic carboxylic acids is 1. The van der Waals surface area contributed by atoms with Crippen LogP contribution in [0, 0.1) is 11.8 Å². The van der Waals surface area contributed by atoms with Crippen LogP contribution >= 0.6 is 0 Å². The minimum atomic E-state index is -0.657. The quantitative estimate of drug-likeness (QED) is 0.887. The maximum absolute atomic E-state index is 11.5. The molecule has 106 valence electrons. The van der Waals surface area contributed by atoms with Crippen molar-refractivity contribution in [2.45, 2.75) is 58.4 Å². The third-order valence-corrected chi connectivity index (χ3v) is 4.36. The molecule has 0 saturated heterocycles. The van der Waals surface area contributed by atoms with Gasteiger partial charge in [0.25, 0.3) is 0 Å². The van der Waals surface area contributed by atoms with Crippen molar-refractivity contribution in [2.75, 3.05) is 0 Å². The molecule has 3 atom stereocenters. The lowest BCUT2D eigenvalue weighted by atomic mass is 9.76. The Morgan fingerprint density at radius 1 is 1.47 bits per heavy atom. The van der Waals surface area contributed by atoms with E-state index in [0.717, 1.165) is 31.5 Å². The second-order valence-electron chi connectivity index (χ2n) is 5.58. The van der Waals surface area contributed by atoms with Gasteiger partial charge in [-0.15, -0.1) is 0 Å². The third kappa shape index (κ3) is 2.99. The lowest BCUT2D eigenvalue weighted by Gasteiger charge is -2.35. The summed E-state index contributed by atoms with van der Waals surface area (Å²) in [6.07, 6.45) is 9.82. The Morgan fingerprint density at radius 3 is 2.89 bits per heavy atom. The molecule has 19 heavy (non-hydrogen) atoms. The van der Waals surface area contributed by atoms with E-state index in [9.17, 15) is 9.90 Å². The molecule has 1 aliphatic rings. The van der Waals surface area contributed by atoms with Gasteiger partial charge in [-0.3, -0.25) is 4.79 Å². The van der Waals surface area contributed by atoms with Crippen LogP contribution < -0.4 is 0 Å². The Labute approximate surface area is 114 Å². The summed E-state index contributed by atoms with van der Waals surface area (Å²) in [7, 11) is 0. The molecule has 4 heteroatoms. The number of carboxylic acid groups (broad SMARTS) is 1. The molecular formula is C15H24N2O2. The van der Waals surface area contributed by atoms with Gasteiger partial charge in [-0.1, -0.05) is 26.7 Å². The topological polar surface area (TPSA) is 55.1 Å². The van der Waals surface area contributed by atoms with Crippen molar-refractivity contribution in [1.82, 2.24) is 9.55 Å². The molecule has 2 rings (SSSR count). The van der Waals surface area contributed by atoms with E-state index >= 15 is 0 Å². The second-order valence-corrected chi connectivity index (χ2v) is 5.58. The Morgan fingerprint density at radius 2 is 2.26 bits per heavy atom. The summed E-state index contributed by atoms with van der Waals surface area (Å²) in [5, 5.41) is 9.45. The molecule has 1 aliphatic carbocycles. The van der Waals surface area contributed by atoms with Crippen molar-refractivity contribution < 1.29 is 9.90 Å². The summed E-state index contributed by atoms with van der Waals surface area (Å²) in [5.41, 5.74) is 0. The molecule has 0 spiro atoms. The van der Waals surface area contributed by atoms with E-state index in [1.807, 2.05) is 6.20 Å². The zero-order valence-electron chi connectivity index (χ0n) is 11.9. The highest BCUT2D eigenvalue weighted by Gasteiger charge is 2.36. The lowest BCUT2D eigenvalue weighted by molar-refractivity contribution is -0.145. The second kappa shape index (κ2) is 6.22. The van der Waals surface area contributed by atoms with E-state index in [4.69, 9.17) is 0 Å². The van der Waals surface area contributed by atoms with Gasteiger partial charge in [0.15, 0.2) is 0 Å². The van der Waals surface area contributed by atoms with Crippen molar-refractivity contribution in [2.24, 2.45) is 11.8 Å². The lowest BCUT2D eigenvalue weighted by Crippen LogP contribution is -2.33. The van der Waals surface area contributed by atoms with Crippen LogP contribution in [0.25, 0.3) is 0 Å². The molecule has 0 bridgehead atoms. The minimum absolute atomic E-state index is 0.0836. The first-order valence-electron chi connectivity index (χ1n) is 7.41. The van der Waals surface area contributed by atoms with Crippen LogP contribution in [0.3, 0.4) is 0 Å². The monoisotopic (exact) mass is 264 g/mol. The van der Waals surface area contributed by atoms with Gasteiger partial charge >= 0.3 is 5.97 Å². The summed E-state index contributed by atoms with van der Waals surface area (Å²) < 4.78 is 2.11. The first-order valence-corrected chi connectivity index (χ1v) is 7.41. The van der Waals surface area contributed by atoms with Gasteiger partial charge in [-0.2, -0.15) is 0 Å². The first-order chi connectivity index (χ1) is 9.17. The fraction of sp³-hybridized carbons (Fsp3) is 0.733. The van der Waals surface area contributed by atoms with Crippen molar-refractivity contribution in [1.29, 1.82) is 0 Å². The van der Waals surface area contributed by atoms with Gasteiger partial charge in [-0.05, 0) is 25.2 Å². The molecule has 4 nitrogen and oxygen atoms in total. The number of rotatable bonds is 5. The zero-order valence-corrected chi connectivity index (χ0v) is 11.9. The Balaban J connectivity index is 2.22. The van der Waals surface area contributed by atoms with Crippen LogP contribution in [0.5, 0.6) is 0 Å². The van der Waals surface area contributed by atoms with Crippen LogP contribution in [0.15, 0.2) is 12.4 Å². The van der Waals surface area contributed by atoms with Gasteiger partial charge in [-0.25, -0.2) is 4.98 Å². The number of hydrogen-bond donors (Lipinski definition) is 1. The molecule has 1 heterocycles. The average Bonchev–Trinajstić information content (AvgIpc) is 2.86. The molecular weight excluding hydrogens is 240 g/mol. The number of aromatic nitrogens is 2. The fourth-order valence-corrected chi connectivity index (χ4v) is 3.42. The minimum Gasteiger partial charge on any atom is -0.481 e. The average molecular weight is 264 g/mol. The van der Waals surface area contributed by atoms with Crippen LogP contribution in [0.4, 0.5) is 0 Å². The standard InChI is InChI=1S/C15H24N2O2/c1-3-5-11-6-7-12(15(18)19)13(10-11)17-9-8-16-14(17)4-2/h8-9,11-13H,3-7,10H2,1-2H3,(H,18,19). The predicted molar refractivity (Wildman–Crippen MR) is 74.0 cm³/mol. The Bertz CT molecular complexity index is 428.